The number of rotatable bonds is 6. The summed E-state index contributed by atoms with van der Waals surface area (Å²) in [5.74, 6) is 1.31. The van der Waals surface area contributed by atoms with Crippen molar-refractivity contribution in [2.24, 2.45) is 0 Å². The van der Waals surface area contributed by atoms with Crippen LogP contribution in [0.4, 0.5) is 0 Å². The second kappa shape index (κ2) is 9.60. The lowest BCUT2D eigenvalue weighted by Gasteiger charge is -2.20. The van der Waals surface area contributed by atoms with Crippen LogP contribution in [0.2, 0.25) is 10.0 Å². The number of halogens is 2. The molecular weight excluding hydrogens is 517 g/mol. The average molecular weight is 542 g/mol. The van der Waals surface area contributed by atoms with Gasteiger partial charge >= 0.3 is 0 Å². The molecule has 37 heavy (non-hydrogen) atoms. The number of benzene rings is 1. The number of ether oxygens (including phenoxy) is 1. The Bertz CT molecular complexity index is 1440. The summed E-state index contributed by atoms with van der Waals surface area (Å²) in [4.78, 5) is 28.6. The van der Waals surface area contributed by atoms with Crippen LogP contribution in [0.1, 0.15) is 36.4 Å². The summed E-state index contributed by atoms with van der Waals surface area (Å²) in [6.45, 7) is 4.40. The SMILES string of the molecule is C[C@@H](Oc1ccc2[nH]nc(-c3nc4c([nH]3)CN(C(=O)CN3CC[C@@H](O)C3)C4)c2c1)c1c(Cl)cncc1Cl. The predicted octanol–water partition coefficient (Wildman–Crippen LogP) is 3.70. The average Bonchev–Trinajstić information content (AvgIpc) is 3.62. The molecule has 1 saturated heterocycles. The molecule has 3 N–H and O–H groups in total. The van der Waals surface area contributed by atoms with Crippen LogP contribution in [-0.2, 0) is 17.9 Å². The molecule has 0 aliphatic carbocycles. The molecule has 2 atom stereocenters. The van der Waals surface area contributed by atoms with Gasteiger partial charge in [0.05, 0.1) is 52.7 Å². The molecule has 0 saturated carbocycles. The summed E-state index contributed by atoms with van der Waals surface area (Å²) in [5.41, 5.74) is 3.93. The van der Waals surface area contributed by atoms with Crippen LogP contribution >= 0.6 is 23.2 Å². The predicted molar refractivity (Wildman–Crippen MR) is 138 cm³/mol. The van der Waals surface area contributed by atoms with Crippen LogP contribution in [0.25, 0.3) is 22.4 Å². The van der Waals surface area contributed by atoms with Crippen LogP contribution in [0.3, 0.4) is 0 Å². The number of carbonyl (C=O) groups is 1. The van der Waals surface area contributed by atoms with E-state index in [0.29, 0.717) is 65.5 Å². The zero-order valence-corrected chi connectivity index (χ0v) is 21.6. The van der Waals surface area contributed by atoms with E-state index in [0.717, 1.165) is 28.8 Å². The Kier molecular flexibility index (Phi) is 6.28. The lowest BCUT2D eigenvalue weighted by Crippen LogP contribution is -2.37. The number of amides is 1. The van der Waals surface area contributed by atoms with Crippen molar-refractivity contribution in [3.63, 3.8) is 0 Å². The van der Waals surface area contributed by atoms with Crippen LogP contribution in [-0.4, -0.2) is 71.7 Å². The molecule has 0 unspecified atom stereocenters. The van der Waals surface area contributed by atoms with E-state index in [9.17, 15) is 9.90 Å². The summed E-state index contributed by atoms with van der Waals surface area (Å²) in [7, 11) is 0. The Morgan fingerprint density at radius 1 is 1.27 bits per heavy atom. The van der Waals surface area contributed by atoms with E-state index < -0.39 is 6.10 Å². The fourth-order valence-corrected chi connectivity index (χ4v) is 5.66. The van der Waals surface area contributed by atoms with Gasteiger partial charge in [-0.05, 0) is 31.5 Å². The molecule has 3 aromatic heterocycles. The number of aromatic nitrogens is 5. The second-order valence-corrected chi connectivity index (χ2v) is 10.3. The van der Waals surface area contributed by atoms with Crippen molar-refractivity contribution >= 4 is 40.0 Å². The Hall–Kier alpha value is -3.18. The highest BCUT2D eigenvalue weighted by molar-refractivity contribution is 6.35. The molecule has 4 aromatic rings. The van der Waals surface area contributed by atoms with Gasteiger partial charge < -0.3 is 19.7 Å². The van der Waals surface area contributed by atoms with Gasteiger partial charge in [-0.1, -0.05) is 23.2 Å². The van der Waals surface area contributed by atoms with E-state index in [4.69, 9.17) is 32.9 Å². The molecule has 2 aliphatic heterocycles. The van der Waals surface area contributed by atoms with E-state index in [1.165, 1.54) is 0 Å². The zero-order chi connectivity index (χ0) is 25.7. The molecule has 0 spiro atoms. The molecule has 1 amide bonds. The minimum Gasteiger partial charge on any atom is -0.486 e. The Labute approximate surface area is 222 Å². The lowest BCUT2D eigenvalue weighted by molar-refractivity contribution is -0.132. The number of likely N-dealkylation sites (tertiary alicyclic amines) is 1. The maximum atomic E-state index is 12.7. The van der Waals surface area contributed by atoms with E-state index >= 15 is 0 Å². The van der Waals surface area contributed by atoms with Crippen LogP contribution in [0.15, 0.2) is 30.6 Å². The number of aromatic amines is 2. The highest BCUT2D eigenvalue weighted by atomic mass is 35.5. The van der Waals surface area contributed by atoms with E-state index in [-0.39, 0.29) is 12.0 Å². The standard InChI is InChI=1S/C25H25Cl2N7O3/c1-13(23-17(26)7-28-8-18(23)27)37-15-2-3-19-16(6-15)24(32-31-19)25-29-20-10-34(11-21(20)30-25)22(36)12-33-5-4-14(35)9-33/h2-3,6-8,13-14,35H,4-5,9-12H2,1H3,(H,29,30)(H,31,32)/t13-,14-/m1/s1. The summed E-state index contributed by atoms with van der Waals surface area (Å²) >= 11 is 12.6. The van der Waals surface area contributed by atoms with E-state index in [1.807, 2.05) is 30.0 Å². The normalized spacial score (nSPS) is 18.5. The number of nitrogens with one attached hydrogen (secondary N) is 2. The van der Waals surface area contributed by atoms with Crippen molar-refractivity contribution in [3.05, 3.63) is 57.6 Å². The van der Waals surface area contributed by atoms with Crippen molar-refractivity contribution in [1.29, 1.82) is 0 Å². The summed E-state index contributed by atoms with van der Waals surface area (Å²) in [6.07, 6.45) is 3.07. The highest BCUT2D eigenvalue weighted by Crippen LogP contribution is 2.35. The number of H-pyrrole nitrogens is 2. The van der Waals surface area contributed by atoms with Crippen LogP contribution in [0, 0.1) is 0 Å². The molecular formula is C25H25Cl2N7O3. The smallest absolute Gasteiger partial charge is 0.237 e. The number of β-amino-alcohol motifs (C(OH)–C–C–N with tert-alkyl or cyclic N) is 1. The third-order valence-electron chi connectivity index (χ3n) is 6.88. The number of imidazole rings is 1. The topological polar surface area (TPSA) is 123 Å². The quantitative estimate of drug-likeness (QED) is 0.340. The first kappa shape index (κ1) is 24.2. The van der Waals surface area contributed by atoms with Gasteiger partial charge in [0.15, 0.2) is 5.82 Å². The number of pyridine rings is 1. The van der Waals surface area contributed by atoms with Gasteiger partial charge in [-0.25, -0.2) is 4.98 Å². The number of aliphatic hydroxyl groups excluding tert-OH is 1. The molecule has 1 aromatic carbocycles. The van der Waals surface area contributed by atoms with Gasteiger partial charge in [-0.2, -0.15) is 5.10 Å². The van der Waals surface area contributed by atoms with Gasteiger partial charge in [0, 0.05) is 36.4 Å². The lowest BCUT2D eigenvalue weighted by atomic mass is 10.1. The van der Waals surface area contributed by atoms with Crippen LogP contribution in [0.5, 0.6) is 5.75 Å². The maximum absolute atomic E-state index is 12.7. The fraction of sp³-hybridized carbons (Fsp3) is 0.360. The molecule has 6 rings (SSSR count). The first-order valence-electron chi connectivity index (χ1n) is 12.1. The second-order valence-electron chi connectivity index (χ2n) is 9.49. The molecule has 0 bridgehead atoms. The Morgan fingerprint density at radius 2 is 2.08 bits per heavy atom. The number of hydrogen-bond donors (Lipinski definition) is 3. The molecule has 0 radical (unpaired) electrons. The summed E-state index contributed by atoms with van der Waals surface area (Å²) < 4.78 is 6.16. The fourth-order valence-electron chi connectivity index (χ4n) is 4.99. The van der Waals surface area contributed by atoms with E-state index in [1.54, 1.807) is 17.3 Å². The Balaban J connectivity index is 1.19. The largest absolute Gasteiger partial charge is 0.486 e. The van der Waals surface area contributed by atoms with Crippen molar-refractivity contribution in [2.75, 3.05) is 19.6 Å². The van der Waals surface area contributed by atoms with E-state index in [2.05, 4.69) is 20.2 Å². The van der Waals surface area contributed by atoms with Gasteiger partial charge in [-0.15, -0.1) is 0 Å². The van der Waals surface area contributed by atoms with Crippen molar-refractivity contribution in [2.45, 2.75) is 38.6 Å². The first-order valence-corrected chi connectivity index (χ1v) is 12.8. The number of nitrogens with zero attached hydrogens (tertiary/aromatic N) is 5. The number of fused-ring (bicyclic) bond motifs is 2. The molecule has 1 fully saturated rings. The van der Waals surface area contributed by atoms with Gasteiger partial charge in [0.1, 0.15) is 17.5 Å². The number of hydrogen-bond acceptors (Lipinski definition) is 7. The zero-order valence-electron chi connectivity index (χ0n) is 20.0. The third-order valence-corrected chi connectivity index (χ3v) is 7.48. The van der Waals surface area contributed by atoms with Crippen LogP contribution < -0.4 is 4.74 Å². The van der Waals surface area contributed by atoms with Gasteiger partial charge in [-0.3, -0.25) is 19.8 Å². The summed E-state index contributed by atoms with van der Waals surface area (Å²) in [5, 5.41) is 19.0. The molecule has 5 heterocycles. The van der Waals surface area contributed by atoms with Crippen molar-refractivity contribution in [1.82, 2.24) is 34.9 Å². The van der Waals surface area contributed by atoms with Gasteiger partial charge in [0.2, 0.25) is 5.91 Å². The minimum atomic E-state index is -0.393. The molecule has 2 aliphatic rings. The van der Waals surface area contributed by atoms with Crippen molar-refractivity contribution < 1.29 is 14.6 Å². The minimum absolute atomic E-state index is 0.0394. The monoisotopic (exact) mass is 541 g/mol. The Morgan fingerprint density at radius 3 is 2.81 bits per heavy atom. The number of carbonyl (C=O) groups excluding carboxylic acids is 1. The first-order chi connectivity index (χ1) is 17.9. The summed E-state index contributed by atoms with van der Waals surface area (Å²) in [6, 6.07) is 5.66. The molecule has 192 valence electrons. The highest BCUT2D eigenvalue weighted by Gasteiger charge is 2.30. The molecule has 10 nitrogen and oxygen atoms in total. The van der Waals surface area contributed by atoms with Crippen molar-refractivity contribution in [3.8, 4) is 17.3 Å². The van der Waals surface area contributed by atoms with Gasteiger partial charge in [0.25, 0.3) is 0 Å². The maximum Gasteiger partial charge on any atom is 0.237 e. The molecule has 12 heteroatoms. The third kappa shape index (κ3) is 4.66. The number of aliphatic hydroxyl groups is 1.